The fraction of sp³-hybridized carbons (Fsp3) is 0.381. The first-order chi connectivity index (χ1) is 13.9. The molecule has 0 aromatic heterocycles. The van der Waals surface area contributed by atoms with E-state index in [1.165, 1.54) is 4.31 Å². The standard InChI is InChI=1S/C21H27N3O4S/c1-3-28-19-8-10-20(11-9-19)29(26,27)24-14-12-23(13-15-24)16-21(25)22-18-6-4-17(2)5-7-18/h4-11H,3,12-16H2,1-2H3,(H,22,25). The summed E-state index contributed by atoms with van der Waals surface area (Å²) < 4.78 is 32.5. The molecule has 1 amide bonds. The van der Waals surface area contributed by atoms with Crippen LogP contribution in [0.2, 0.25) is 0 Å². The first kappa shape index (κ1) is 21.3. The van der Waals surface area contributed by atoms with Crippen molar-refractivity contribution < 1.29 is 17.9 Å². The van der Waals surface area contributed by atoms with Gasteiger partial charge in [0.1, 0.15) is 5.75 Å². The zero-order valence-electron chi connectivity index (χ0n) is 16.8. The van der Waals surface area contributed by atoms with Crippen LogP contribution < -0.4 is 10.1 Å². The molecule has 8 heteroatoms. The maximum Gasteiger partial charge on any atom is 0.243 e. The van der Waals surface area contributed by atoms with Crippen molar-refractivity contribution in [3.05, 3.63) is 54.1 Å². The van der Waals surface area contributed by atoms with Gasteiger partial charge in [-0.25, -0.2) is 8.42 Å². The number of carbonyl (C=O) groups is 1. The van der Waals surface area contributed by atoms with Gasteiger partial charge in [-0.15, -0.1) is 0 Å². The minimum atomic E-state index is -3.55. The Hall–Kier alpha value is -2.42. The van der Waals surface area contributed by atoms with E-state index in [4.69, 9.17) is 4.74 Å². The Labute approximate surface area is 172 Å². The van der Waals surface area contributed by atoms with Crippen LogP contribution in [-0.4, -0.2) is 62.9 Å². The van der Waals surface area contributed by atoms with E-state index in [-0.39, 0.29) is 17.3 Å². The number of rotatable bonds is 7. The highest BCUT2D eigenvalue weighted by atomic mass is 32.2. The van der Waals surface area contributed by atoms with Gasteiger partial charge < -0.3 is 10.1 Å². The maximum absolute atomic E-state index is 12.8. The van der Waals surface area contributed by atoms with E-state index in [0.29, 0.717) is 38.5 Å². The lowest BCUT2D eigenvalue weighted by Crippen LogP contribution is -2.50. The SMILES string of the molecule is CCOc1ccc(S(=O)(=O)N2CCN(CC(=O)Nc3ccc(C)cc3)CC2)cc1. The van der Waals surface area contributed by atoms with Gasteiger partial charge in [0.05, 0.1) is 18.0 Å². The van der Waals surface area contributed by atoms with E-state index in [0.717, 1.165) is 11.3 Å². The quantitative estimate of drug-likeness (QED) is 0.748. The molecule has 1 saturated heterocycles. The number of aryl methyl sites for hydroxylation is 1. The third-order valence-corrected chi connectivity index (χ3v) is 6.72. The van der Waals surface area contributed by atoms with Gasteiger partial charge in [0.15, 0.2) is 0 Å². The molecule has 0 spiro atoms. The average Bonchev–Trinajstić information content (AvgIpc) is 2.71. The van der Waals surface area contributed by atoms with Crippen LogP contribution in [0.3, 0.4) is 0 Å². The fourth-order valence-corrected chi connectivity index (χ4v) is 4.61. The van der Waals surface area contributed by atoms with Gasteiger partial charge in [0.25, 0.3) is 0 Å². The second kappa shape index (κ2) is 9.39. The van der Waals surface area contributed by atoms with Gasteiger partial charge in [0, 0.05) is 31.9 Å². The Kier molecular flexibility index (Phi) is 6.89. The zero-order chi connectivity index (χ0) is 20.9. The maximum atomic E-state index is 12.8. The summed E-state index contributed by atoms with van der Waals surface area (Å²) in [5.74, 6) is 0.549. The number of ether oxygens (including phenoxy) is 1. The summed E-state index contributed by atoms with van der Waals surface area (Å²) in [5.41, 5.74) is 1.89. The lowest BCUT2D eigenvalue weighted by atomic mass is 10.2. The summed E-state index contributed by atoms with van der Waals surface area (Å²) >= 11 is 0. The highest BCUT2D eigenvalue weighted by molar-refractivity contribution is 7.89. The smallest absolute Gasteiger partial charge is 0.243 e. The summed E-state index contributed by atoms with van der Waals surface area (Å²) in [6.07, 6.45) is 0. The molecule has 0 atom stereocenters. The monoisotopic (exact) mass is 417 g/mol. The van der Waals surface area contributed by atoms with E-state index in [1.54, 1.807) is 24.3 Å². The Morgan fingerprint density at radius 1 is 1.00 bits per heavy atom. The van der Waals surface area contributed by atoms with Crippen LogP contribution >= 0.6 is 0 Å². The number of amides is 1. The Morgan fingerprint density at radius 3 is 2.21 bits per heavy atom. The van der Waals surface area contributed by atoms with E-state index in [2.05, 4.69) is 5.32 Å². The molecule has 0 saturated carbocycles. The molecule has 1 aliphatic heterocycles. The van der Waals surface area contributed by atoms with Crippen molar-refractivity contribution in [2.75, 3.05) is 44.6 Å². The number of benzene rings is 2. The van der Waals surface area contributed by atoms with Crippen LogP contribution in [0.15, 0.2) is 53.4 Å². The third kappa shape index (κ3) is 5.56. The minimum Gasteiger partial charge on any atom is -0.494 e. The second-order valence-corrected chi connectivity index (χ2v) is 8.94. The number of nitrogens with zero attached hydrogens (tertiary/aromatic N) is 2. The predicted octanol–water partition coefficient (Wildman–Crippen LogP) is 2.34. The van der Waals surface area contributed by atoms with Gasteiger partial charge in [-0.2, -0.15) is 4.31 Å². The van der Waals surface area contributed by atoms with E-state index in [1.807, 2.05) is 43.0 Å². The number of nitrogens with one attached hydrogen (secondary N) is 1. The number of hydrogen-bond donors (Lipinski definition) is 1. The lowest BCUT2D eigenvalue weighted by Gasteiger charge is -2.33. The van der Waals surface area contributed by atoms with Gasteiger partial charge in [0.2, 0.25) is 15.9 Å². The van der Waals surface area contributed by atoms with Crippen LogP contribution in [0.25, 0.3) is 0 Å². The van der Waals surface area contributed by atoms with Crippen LogP contribution in [0, 0.1) is 6.92 Å². The van der Waals surface area contributed by atoms with Crippen molar-refractivity contribution in [1.82, 2.24) is 9.21 Å². The molecule has 7 nitrogen and oxygen atoms in total. The molecular formula is C21H27N3O4S. The molecule has 1 fully saturated rings. The predicted molar refractivity (Wildman–Crippen MR) is 113 cm³/mol. The van der Waals surface area contributed by atoms with Crippen molar-refractivity contribution in [2.24, 2.45) is 0 Å². The highest BCUT2D eigenvalue weighted by Crippen LogP contribution is 2.21. The molecule has 0 unspecified atom stereocenters. The summed E-state index contributed by atoms with van der Waals surface area (Å²) in [6.45, 7) is 6.38. The van der Waals surface area contributed by atoms with Gasteiger partial charge in [-0.1, -0.05) is 17.7 Å². The molecule has 0 aliphatic carbocycles. The van der Waals surface area contributed by atoms with E-state index >= 15 is 0 Å². The molecule has 3 rings (SSSR count). The summed E-state index contributed by atoms with van der Waals surface area (Å²) in [7, 11) is -3.55. The van der Waals surface area contributed by atoms with Gasteiger partial charge >= 0.3 is 0 Å². The molecule has 2 aromatic carbocycles. The minimum absolute atomic E-state index is 0.100. The molecule has 1 aliphatic rings. The molecular weight excluding hydrogens is 390 g/mol. The van der Waals surface area contributed by atoms with Gasteiger partial charge in [-0.3, -0.25) is 9.69 Å². The molecule has 0 bridgehead atoms. The van der Waals surface area contributed by atoms with Crippen LogP contribution in [0.5, 0.6) is 5.75 Å². The Bertz CT molecular complexity index is 919. The molecule has 1 N–H and O–H groups in total. The summed E-state index contributed by atoms with van der Waals surface area (Å²) in [6, 6.07) is 14.1. The van der Waals surface area contributed by atoms with Crippen molar-refractivity contribution in [2.45, 2.75) is 18.7 Å². The number of hydrogen-bond acceptors (Lipinski definition) is 5. The van der Waals surface area contributed by atoms with Crippen LogP contribution in [0.1, 0.15) is 12.5 Å². The Balaban J connectivity index is 1.52. The number of sulfonamides is 1. The lowest BCUT2D eigenvalue weighted by molar-refractivity contribution is -0.117. The molecule has 1 heterocycles. The van der Waals surface area contributed by atoms with Crippen molar-refractivity contribution >= 4 is 21.6 Å². The first-order valence-corrected chi connectivity index (χ1v) is 11.1. The molecule has 156 valence electrons. The molecule has 29 heavy (non-hydrogen) atoms. The highest BCUT2D eigenvalue weighted by Gasteiger charge is 2.29. The van der Waals surface area contributed by atoms with Crippen LogP contribution in [0.4, 0.5) is 5.69 Å². The average molecular weight is 418 g/mol. The van der Waals surface area contributed by atoms with Crippen molar-refractivity contribution in [1.29, 1.82) is 0 Å². The molecule has 0 radical (unpaired) electrons. The normalized spacial score (nSPS) is 15.8. The second-order valence-electron chi connectivity index (χ2n) is 7.00. The van der Waals surface area contributed by atoms with Gasteiger partial charge in [-0.05, 0) is 50.2 Å². The van der Waals surface area contributed by atoms with Crippen molar-refractivity contribution in [3.8, 4) is 5.75 Å². The largest absolute Gasteiger partial charge is 0.494 e. The van der Waals surface area contributed by atoms with E-state index < -0.39 is 10.0 Å². The Morgan fingerprint density at radius 2 is 1.62 bits per heavy atom. The zero-order valence-corrected chi connectivity index (χ0v) is 17.6. The van der Waals surface area contributed by atoms with Crippen LogP contribution in [-0.2, 0) is 14.8 Å². The van der Waals surface area contributed by atoms with Crippen molar-refractivity contribution in [3.63, 3.8) is 0 Å². The topological polar surface area (TPSA) is 79.0 Å². The summed E-state index contributed by atoms with van der Waals surface area (Å²) in [4.78, 5) is 14.5. The fourth-order valence-electron chi connectivity index (χ4n) is 3.19. The number of carbonyl (C=O) groups excluding carboxylic acids is 1. The number of piperazine rings is 1. The number of anilines is 1. The first-order valence-electron chi connectivity index (χ1n) is 9.70. The molecule has 2 aromatic rings. The van der Waals surface area contributed by atoms with E-state index in [9.17, 15) is 13.2 Å². The third-order valence-electron chi connectivity index (χ3n) is 4.81. The summed E-state index contributed by atoms with van der Waals surface area (Å²) in [5, 5.41) is 2.87.